The van der Waals surface area contributed by atoms with Gasteiger partial charge in [0.15, 0.2) is 11.5 Å². The van der Waals surface area contributed by atoms with E-state index < -0.39 is 28.5 Å². The van der Waals surface area contributed by atoms with Gasteiger partial charge in [-0.3, -0.25) is 13.9 Å². The molecule has 0 aromatic heterocycles. The zero-order valence-electron chi connectivity index (χ0n) is 24.7. The Balaban J connectivity index is 2.04. The molecule has 0 saturated carbocycles. The molecule has 10 nitrogen and oxygen atoms in total. The zero-order valence-corrected chi connectivity index (χ0v) is 25.5. The van der Waals surface area contributed by atoms with Crippen LogP contribution in [-0.2, 0) is 26.2 Å². The highest BCUT2D eigenvalue weighted by molar-refractivity contribution is 7.92. The molecule has 0 fully saturated rings. The molecule has 42 heavy (non-hydrogen) atoms. The van der Waals surface area contributed by atoms with E-state index in [-0.39, 0.29) is 23.0 Å². The molecule has 1 atom stereocenters. The van der Waals surface area contributed by atoms with Gasteiger partial charge < -0.3 is 24.4 Å². The van der Waals surface area contributed by atoms with Gasteiger partial charge in [-0.2, -0.15) is 0 Å². The molecule has 0 aliphatic rings. The van der Waals surface area contributed by atoms with Gasteiger partial charge in [0, 0.05) is 19.2 Å². The number of hydrogen-bond donors (Lipinski definition) is 1. The second kappa shape index (κ2) is 15.1. The third kappa shape index (κ3) is 7.94. The summed E-state index contributed by atoms with van der Waals surface area (Å²) in [4.78, 5) is 28.5. The number of unbranched alkanes of at least 4 members (excludes halogenated alkanes) is 1. The van der Waals surface area contributed by atoms with Gasteiger partial charge in [-0.05, 0) is 55.3 Å². The minimum absolute atomic E-state index is 0.0136. The van der Waals surface area contributed by atoms with Crippen molar-refractivity contribution in [3.05, 3.63) is 78.4 Å². The van der Waals surface area contributed by atoms with Crippen LogP contribution in [0.2, 0.25) is 0 Å². The Morgan fingerprint density at radius 2 is 1.55 bits per heavy atom. The van der Waals surface area contributed by atoms with Crippen LogP contribution in [0.15, 0.2) is 77.7 Å². The number of benzene rings is 3. The van der Waals surface area contributed by atoms with Gasteiger partial charge in [-0.1, -0.05) is 43.7 Å². The maximum atomic E-state index is 14.0. The molecule has 3 aromatic rings. The Bertz CT molecular complexity index is 1430. The van der Waals surface area contributed by atoms with Crippen molar-refractivity contribution in [2.75, 3.05) is 38.7 Å². The summed E-state index contributed by atoms with van der Waals surface area (Å²) in [6.07, 6.45) is 1.70. The highest BCUT2D eigenvalue weighted by Crippen LogP contribution is 2.34. The fourth-order valence-corrected chi connectivity index (χ4v) is 5.70. The van der Waals surface area contributed by atoms with Gasteiger partial charge in [-0.15, -0.1) is 0 Å². The van der Waals surface area contributed by atoms with E-state index >= 15 is 0 Å². The molecule has 0 aliphatic carbocycles. The van der Waals surface area contributed by atoms with E-state index in [1.807, 2.05) is 6.92 Å². The number of nitrogens with one attached hydrogen (secondary N) is 1. The van der Waals surface area contributed by atoms with Crippen LogP contribution in [0.25, 0.3) is 0 Å². The summed E-state index contributed by atoms with van der Waals surface area (Å²) in [5, 5.41) is 2.88. The lowest BCUT2D eigenvalue weighted by atomic mass is 10.1. The minimum atomic E-state index is -4.20. The summed E-state index contributed by atoms with van der Waals surface area (Å²) in [5.74, 6) is 0.473. The van der Waals surface area contributed by atoms with Crippen molar-refractivity contribution in [3.8, 4) is 17.2 Å². The summed E-state index contributed by atoms with van der Waals surface area (Å²) in [5.41, 5.74) is 0.954. The third-order valence-electron chi connectivity index (χ3n) is 6.77. The molecule has 11 heteroatoms. The van der Waals surface area contributed by atoms with Crippen LogP contribution in [0.5, 0.6) is 17.2 Å². The molecule has 0 aliphatic heterocycles. The number of hydrogen-bond acceptors (Lipinski definition) is 7. The van der Waals surface area contributed by atoms with Crippen molar-refractivity contribution in [2.45, 2.75) is 44.2 Å². The number of carbonyl (C=O) groups excluding carboxylic acids is 2. The first kappa shape index (κ1) is 32.3. The SMILES string of the molecule is CCCCNC(=O)[C@@H](C)N(Cc1ccc(OC)cc1)C(=O)CN(c1ccc(OC)c(OC)c1)S(=O)(=O)c1ccccc1. The van der Waals surface area contributed by atoms with Crippen LogP contribution in [0.4, 0.5) is 5.69 Å². The van der Waals surface area contributed by atoms with E-state index in [1.54, 1.807) is 68.6 Å². The van der Waals surface area contributed by atoms with Crippen LogP contribution >= 0.6 is 0 Å². The first-order valence-electron chi connectivity index (χ1n) is 13.7. The Kier molecular flexibility index (Phi) is 11.6. The van der Waals surface area contributed by atoms with E-state index in [4.69, 9.17) is 14.2 Å². The molecule has 0 heterocycles. The molecule has 3 rings (SSSR count). The number of carbonyl (C=O) groups is 2. The molecule has 0 saturated heterocycles. The topological polar surface area (TPSA) is 114 Å². The average molecular weight is 598 g/mol. The third-order valence-corrected chi connectivity index (χ3v) is 8.56. The Morgan fingerprint density at radius 3 is 2.14 bits per heavy atom. The number of sulfonamides is 1. The molecule has 1 N–H and O–H groups in total. The van der Waals surface area contributed by atoms with Crippen molar-refractivity contribution in [1.82, 2.24) is 10.2 Å². The lowest BCUT2D eigenvalue weighted by Gasteiger charge is -2.32. The van der Waals surface area contributed by atoms with E-state index in [1.165, 1.54) is 37.3 Å². The maximum Gasteiger partial charge on any atom is 0.264 e. The quantitative estimate of drug-likeness (QED) is 0.261. The molecular formula is C31H39N3O7S. The smallest absolute Gasteiger partial charge is 0.264 e. The first-order chi connectivity index (χ1) is 20.2. The normalized spacial score (nSPS) is 11.7. The highest BCUT2D eigenvalue weighted by Gasteiger charge is 2.33. The van der Waals surface area contributed by atoms with Crippen molar-refractivity contribution in [1.29, 1.82) is 0 Å². The predicted molar refractivity (Wildman–Crippen MR) is 161 cm³/mol. The lowest BCUT2D eigenvalue weighted by Crippen LogP contribution is -2.51. The fourth-order valence-electron chi connectivity index (χ4n) is 4.27. The van der Waals surface area contributed by atoms with Gasteiger partial charge in [0.25, 0.3) is 10.0 Å². The van der Waals surface area contributed by atoms with E-state index in [0.717, 1.165) is 22.7 Å². The van der Waals surface area contributed by atoms with Crippen LogP contribution in [-0.4, -0.2) is 65.6 Å². The summed E-state index contributed by atoms with van der Waals surface area (Å²) in [6.45, 7) is 3.65. The largest absolute Gasteiger partial charge is 0.497 e. The predicted octanol–water partition coefficient (Wildman–Crippen LogP) is 4.24. The molecule has 0 radical (unpaired) electrons. The molecule has 3 aromatic carbocycles. The molecule has 226 valence electrons. The van der Waals surface area contributed by atoms with E-state index in [0.29, 0.717) is 23.8 Å². The number of amides is 2. The second-order valence-corrected chi connectivity index (χ2v) is 11.4. The molecule has 0 unspecified atom stereocenters. The Hall–Kier alpha value is -4.25. The second-order valence-electron chi connectivity index (χ2n) is 9.55. The molecule has 2 amide bonds. The van der Waals surface area contributed by atoms with Crippen molar-refractivity contribution >= 4 is 27.5 Å². The average Bonchev–Trinajstić information content (AvgIpc) is 3.02. The molecule has 0 bridgehead atoms. The maximum absolute atomic E-state index is 14.0. The van der Waals surface area contributed by atoms with Crippen molar-refractivity contribution < 1.29 is 32.2 Å². The number of ether oxygens (including phenoxy) is 3. The van der Waals surface area contributed by atoms with Crippen LogP contribution in [0, 0.1) is 0 Å². The summed E-state index contributed by atoms with van der Waals surface area (Å²) >= 11 is 0. The number of methoxy groups -OCH3 is 3. The Morgan fingerprint density at radius 1 is 0.881 bits per heavy atom. The lowest BCUT2D eigenvalue weighted by molar-refractivity contribution is -0.139. The standard InChI is InChI=1S/C31H39N3O7S/c1-6-7-19-32-31(36)23(2)33(21-24-13-16-26(39-3)17-14-24)30(35)22-34(42(37,38)27-11-9-8-10-12-27)25-15-18-28(40-4)29(20-25)41-5/h8-18,20,23H,6-7,19,21-22H2,1-5H3,(H,32,36)/t23-/m1/s1. The van der Waals surface area contributed by atoms with Crippen LogP contribution in [0.1, 0.15) is 32.3 Å². The van der Waals surface area contributed by atoms with E-state index in [2.05, 4.69) is 5.32 Å². The van der Waals surface area contributed by atoms with Gasteiger partial charge in [-0.25, -0.2) is 8.42 Å². The van der Waals surface area contributed by atoms with E-state index in [9.17, 15) is 18.0 Å². The monoisotopic (exact) mass is 597 g/mol. The summed E-state index contributed by atoms with van der Waals surface area (Å²) < 4.78 is 44.9. The minimum Gasteiger partial charge on any atom is -0.497 e. The van der Waals surface area contributed by atoms with Gasteiger partial charge in [0.1, 0.15) is 18.3 Å². The molecular weight excluding hydrogens is 558 g/mol. The highest BCUT2D eigenvalue weighted by atomic mass is 32.2. The molecule has 0 spiro atoms. The number of anilines is 1. The van der Waals surface area contributed by atoms with Crippen molar-refractivity contribution in [3.63, 3.8) is 0 Å². The first-order valence-corrected chi connectivity index (χ1v) is 15.1. The number of nitrogens with zero attached hydrogens (tertiary/aromatic N) is 2. The Labute approximate surface area is 248 Å². The number of rotatable bonds is 15. The summed E-state index contributed by atoms with van der Waals surface area (Å²) in [6, 6.07) is 18.7. The zero-order chi connectivity index (χ0) is 30.7. The van der Waals surface area contributed by atoms with Gasteiger partial charge in [0.05, 0.1) is 31.9 Å². The van der Waals surface area contributed by atoms with Crippen LogP contribution < -0.4 is 23.8 Å². The van der Waals surface area contributed by atoms with Crippen LogP contribution in [0.3, 0.4) is 0 Å². The van der Waals surface area contributed by atoms with Crippen molar-refractivity contribution in [2.24, 2.45) is 0 Å². The van der Waals surface area contributed by atoms with Gasteiger partial charge >= 0.3 is 0 Å². The fraction of sp³-hybridized carbons (Fsp3) is 0.355. The van der Waals surface area contributed by atoms with Gasteiger partial charge in [0.2, 0.25) is 11.8 Å². The summed E-state index contributed by atoms with van der Waals surface area (Å²) in [7, 11) is 0.277.